The van der Waals surface area contributed by atoms with Crippen LogP contribution in [-0.4, -0.2) is 21.0 Å². The quantitative estimate of drug-likeness (QED) is 0.785. The molecule has 1 aromatic rings. The van der Waals surface area contributed by atoms with Crippen LogP contribution in [-0.2, 0) is 13.5 Å². The lowest BCUT2D eigenvalue weighted by Crippen LogP contribution is -1.98. The molecule has 1 N–H and O–H groups in total. The highest BCUT2D eigenvalue weighted by Gasteiger charge is 2.03. The van der Waals surface area contributed by atoms with Crippen LogP contribution in [0.25, 0.3) is 0 Å². The van der Waals surface area contributed by atoms with Crippen LogP contribution in [0.1, 0.15) is 12.7 Å². The molecule has 0 aliphatic carbocycles. The standard InChI is InChI=1S/C8H13N3S2/c1-4-6(13-3)5-7-9-10-8(12)11(7)2/h4H,5H2,1-3H3,(H,10,12)/b6-4-. The van der Waals surface area contributed by atoms with E-state index in [1.807, 2.05) is 18.5 Å². The first kappa shape index (κ1) is 10.5. The van der Waals surface area contributed by atoms with Crippen LogP contribution < -0.4 is 0 Å². The SMILES string of the molecule is C/C=C(/Cc1n[nH]c(=S)n1C)SC. The van der Waals surface area contributed by atoms with E-state index in [9.17, 15) is 0 Å². The molecular weight excluding hydrogens is 202 g/mol. The largest absolute Gasteiger partial charge is 0.307 e. The van der Waals surface area contributed by atoms with Gasteiger partial charge in [-0.2, -0.15) is 5.10 Å². The predicted molar refractivity (Wildman–Crippen MR) is 59.4 cm³/mol. The molecule has 0 aliphatic rings. The Morgan fingerprint density at radius 3 is 2.85 bits per heavy atom. The molecule has 1 rings (SSSR count). The lowest BCUT2D eigenvalue weighted by Gasteiger charge is -2.01. The van der Waals surface area contributed by atoms with Gasteiger partial charge >= 0.3 is 0 Å². The fourth-order valence-corrected chi connectivity index (χ4v) is 1.65. The topological polar surface area (TPSA) is 33.6 Å². The van der Waals surface area contributed by atoms with Gasteiger partial charge in [-0.25, -0.2) is 0 Å². The first-order valence-corrected chi connectivity index (χ1v) is 5.61. The maximum Gasteiger partial charge on any atom is 0.194 e. The van der Waals surface area contributed by atoms with Crippen molar-refractivity contribution in [2.75, 3.05) is 6.26 Å². The zero-order chi connectivity index (χ0) is 9.84. The second kappa shape index (κ2) is 4.62. The lowest BCUT2D eigenvalue weighted by molar-refractivity contribution is 0.817. The Bertz CT molecular complexity index is 362. The van der Waals surface area contributed by atoms with Crippen LogP contribution in [0.2, 0.25) is 0 Å². The zero-order valence-corrected chi connectivity index (χ0v) is 9.63. The monoisotopic (exact) mass is 215 g/mol. The molecule has 5 heteroatoms. The van der Waals surface area contributed by atoms with Crippen molar-refractivity contribution < 1.29 is 0 Å². The van der Waals surface area contributed by atoms with Gasteiger partial charge in [0.05, 0.1) is 0 Å². The number of aromatic amines is 1. The van der Waals surface area contributed by atoms with Gasteiger partial charge in [-0.1, -0.05) is 6.08 Å². The molecule has 0 radical (unpaired) electrons. The lowest BCUT2D eigenvalue weighted by atomic mass is 10.3. The van der Waals surface area contributed by atoms with Gasteiger partial charge in [0.15, 0.2) is 4.77 Å². The molecule has 0 aromatic carbocycles. The number of hydrogen-bond acceptors (Lipinski definition) is 3. The Morgan fingerprint density at radius 2 is 2.46 bits per heavy atom. The third-order valence-electron chi connectivity index (χ3n) is 1.89. The third kappa shape index (κ3) is 2.45. The molecule has 0 unspecified atom stereocenters. The predicted octanol–water partition coefficient (Wildman–Crippen LogP) is 2.29. The Labute approximate surface area is 87.2 Å². The van der Waals surface area contributed by atoms with Crippen molar-refractivity contribution in [3.05, 3.63) is 21.6 Å². The van der Waals surface area contributed by atoms with E-state index in [1.165, 1.54) is 4.91 Å². The summed E-state index contributed by atoms with van der Waals surface area (Å²) in [6.07, 6.45) is 5.01. The summed E-state index contributed by atoms with van der Waals surface area (Å²) in [6.45, 7) is 2.03. The first-order valence-electron chi connectivity index (χ1n) is 3.98. The molecule has 72 valence electrons. The van der Waals surface area contributed by atoms with Crippen molar-refractivity contribution in [2.24, 2.45) is 7.05 Å². The van der Waals surface area contributed by atoms with E-state index >= 15 is 0 Å². The number of thioether (sulfide) groups is 1. The number of allylic oxidation sites excluding steroid dienone is 2. The summed E-state index contributed by atoms with van der Waals surface area (Å²) in [4.78, 5) is 1.30. The summed E-state index contributed by atoms with van der Waals surface area (Å²) in [5.74, 6) is 0.979. The summed E-state index contributed by atoms with van der Waals surface area (Å²) in [5, 5.41) is 6.91. The Balaban J connectivity index is 2.86. The molecule has 1 heterocycles. The summed E-state index contributed by atoms with van der Waals surface area (Å²) in [6, 6.07) is 0. The second-order valence-corrected chi connectivity index (χ2v) is 3.96. The molecule has 13 heavy (non-hydrogen) atoms. The molecular formula is C8H13N3S2. The highest BCUT2D eigenvalue weighted by molar-refractivity contribution is 8.02. The fourth-order valence-electron chi connectivity index (χ4n) is 0.986. The van der Waals surface area contributed by atoms with Crippen LogP contribution in [0.5, 0.6) is 0 Å². The van der Waals surface area contributed by atoms with E-state index < -0.39 is 0 Å². The van der Waals surface area contributed by atoms with Crippen LogP contribution >= 0.6 is 24.0 Å². The van der Waals surface area contributed by atoms with Gasteiger partial charge in [-0.3, -0.25) is 5.10 Å². The summed E-state index contributed by atoms with van der Waals surface area (Å²) < 4.78 is 2.57. The van der Waals surface area contributed by atoms with Crippen molar-refractivity contribution in [1.29, 1.82) is 0 Å². The van der Waals surface area contributed by atoms with Gasteiger partial charge in [0.25, 0.3) is 0 Å². The summed E-state index contributed by atoms with van der Waals surface area (Å²) in [5.41, 5.74) is 0. The average Bonchev–Trinajstić information content (AvgIpc) is 2.45. The van der Waals surface area contributed by atoms with Crippen LogP contribution in [0, 0.1) is 4.77 Å². The number of nitrogens with one attached hydrogen (secondary N) is 1. The maximum absolute atomic E-state index is 5.02. The molecule has 0 bridgehead atoms. The summed E-state index contributed by atoms with van der Waals surface area (Å²) >= 11 is 6.76. The highest BCUT2D eigenvalue weighted by Crippen LogP contribution is 2.15. The van der Waals surface area contributed by atoms with Crippen LogP contribution in [0.4, 0.5) is 0 Å². The van der Waals surface area contributed by atoms with Gasteiger partial charge in [0.1, 0.15) is 5.82 Å². The molecule has 0 amide bonds. The van der Waals surface area contributed by atoms with Crippen molar-refractivity contribution in [1.82, 2.24) is 14.8 Å². The number of hydrogen-bond donors (Lipinski definition) is 1. The van der Waals surface area contributed by atoms with Gasteiger partial charge in [-0.05, 0) is 30.3 Å². The van der Waals surface area contributed by atoms with E-state index in [2.05, 4.69) is 22.5 Å². The Hall–Kier alpha value is -0.550. The van der Waals surface area contributed by atoms with E-state index in [4.69, 9.17) is 12.2 Å². The molecule has 0 atom stereocenters. The van der Waals surface area contributed by atoms with Gasteiger partial charge in [0, 0.05) is 13.5 Å². The molecule has 0 saturated heterocycles. The maximum atomic E-state index is 5.02. The minimum absolute atomic E-state index is 0.673. The highest BCUT2D eigenvalue weighted by atomic mass is 32.2. The first-order chi connectivity index (χ1) is 6.19. The van der Waals surface area contributed by atoms with Crippen molar-refractivity contribution >= 4 is 24.0 Å². The molecule has 0 fully saturated rings. The summed E-state index contributed by atoms with van der Waals surface area (Å²) in [7, 11) is 1.93. The van der Waals surface area contributed by atoms with Crippen LogP contribution in [0.15, 0.2) is 11.0 Å². The van der Waals surface area contributed by atoms with Gasteiger partial charge in [-0.15, -0.1) is 11.8 Å². The Kier molecular flexibility index (Phi) is 3.74. The molecule has 3 nitrogen and oxygen atoms in total. The normalized spacial score (nSPS) is 12.1. The molecule has 0 spiro atoms. The van der Waals surface area contributed by atoms with Crippen molar-refractivity contribution in [3.8, 4) is 0 Å². The molecule has 0 aliphatic heterocycles. The van der Waals surface area contributed by atoms with E-state index in [1.54, 1.807) is 11.8 Å². The fraction of sp³-hybridized carbons (Fsp3) is 0.500. The van der Waals surface area contributed by atoms with Gasteiger partial charge in [0.2, 0.25) is 0 Å². The average molecular weight is 215 g/mol. The number of H-pyrrole nitrogens is 1. The number of aromatic nitrogens is 3. The van der Waals surface area contributed by atoms with Crippen LogP contribution in [0.3, 0.4) is 0 Å². The van der Waals surface area contributed by atoms with E-state index in [0.717, 1.165) is 12.2 Å². The Morgan fingerprint density at radius 1 is 1.77 bits per heavy atom. The number of nitrogens with zero attached hydrogens (tertiary/aromatic N) is 2. The minimum atomic E-state index is 0.673. The van der Waals surface area contributed by atoms with Crippen molar-refractivity contribution in [2.45, 2.75) is 13.3 Å². The van der Waals surface area contributed by atoms with Crippen molar-refractivity contribution in [3.63, 3.8) is 0 Å². The molecule has 0 saturated carbocycles. The molecule has 1 aromatic heterocycles. The smallest absolute Gasteiger partial charge is 0.194 e. The van der Waals surface area contributed by atoms with Gasteiger partial charge < -0.3 is 4.57 Å². The van der Waals surface area contributed by atoms with E-state index in [0.29, 0.717) is 4.77 Å². The second-order valence-electron chi connectivity index (χ2n) is 2.64. The number of rotatable bonds is 3. The zero-order valence-electron chi connectivity index (χ0n) is 8.00. The minimum Gasteiger partial charge on any atom is -0.307 e. The van der Waals surface area contributed by atoms with E-state index in [-0.39, 0.29) is 0 Å². The third-order valence-corrected chi connectivity index (χ3v) is 3.16.